The molecule has 0 radical (unpaired) electrons. The summed E-state index contributed by atoms with van der Waals surface area (Å²) >= 11 is 0. The number of hydrogen-bond donors (Lipinski definition) is 6. The molecule has 0 aromatic carbocycles. The predicted molar refractivity (Wildman–Crippen MR) is 254 cm³/mol. The van der Waals surface area contributed by atoms with Crippen molar-refractivity contribution in [1.29, 1.82) is 0 Å². The standard InChI is InChI=1S/C56H94O10/c1-31(37-13-15-39-49-41(29-45(61)55(37,39)9)53(7)21-19-35(57)25-33(53)27-43(49)59)11-17-47(63)65-51(3,4)23-24-52(5,6)66-48(64)18-12-32(2)38-14-16-40-50-42(30-46(62)56(38,40)10)54(8)22-20-36(58)26-34(54)28-44(50)60/h31-46,49-50,57-62H,11-30H2,1-10H3/t31-,32-,33+,34+,35-,36-,37-,38-,39+,40+,41+,42+,43-,44-,45+,46+,49+,50+,53+,54+,55-,56-/m1/s1. The molecular weight excluding hydrogens is 833 g/mol. The first-order valence-corrected chi connectivity index (χ1v) is 27.3. The molecule has 0 heterocycles. The van der Waals surface area contributed by atoms with Gasteiger partial charge in [0.15, 0.2) is 0 Å². The van der Waals surface area contributed by atoms with Gasteiger partial charge in [-0.3, -0.25) is 9.59 Å². The minimum Gasteiger partial charge on any atom is -0.460 e. The quantitative estimate of drug-likeness (QED) is 0.0978. The largest absolute Gasteiger partial charge is 0.460 e. The summed E-state index contributed by atoms with van der Waals surface area (Å²) in [6.07, 6.45) is 12.6. The van der Waals surface area contributed by atoms with E-state index in [1.807, 2.05) is 27.7 Å². The fourth-order valence-electron chi connectivity index (χ4n) is 18.8. The summed E-state index contributed by atoms with van der Waals surface area (Å²) in [4.78, 5) is 26.9. The van der Waals surface area contributed by atoms with Gasteiger partial charge in [0.1, 0.15) is 11.2 Å². The summed E-state index contributed by atoms with van der Waals surface area (Å²) < 4.78 is 12.2. The van der Waals surface area contributed by atoms with E-state index in [0.717, 1.165) is 77.0 Å². The smallest absolute Gasteiger partial charge is 0.306 e. The number of hydrogen-bond acceptors (Lipinski definition) is 10. The molecule has 8 aliphatic carbocycles. The van der Waals surface area contributed by atoms with E-state index < -0.39 is 35.6 Å². The van der Waals surface area contributed by atoms with Crippen molar-refractivity contribution in [3.8, 4) is 0 Å². The molecule has 8 fully saturated rings. The molecule has 10 heteroatoms. The first kappa shape index (κ1) is 51.1. The van der Waals surface area contributed by atoms with Crippen LogP contribution in [0.4, 0.5) is 0 Å². The average molecular weight is 927 g/mol. The van der Waals surface area contributed by atoms with Gasteiger partial charge in [0.25, 0.3) is 0 Å². The third kappa shape index (κ3) is 8.91. The highest BCUT2D eigenvalue weighted by atomic mass is 16.6. The van der Waals surface area contributed by atoms with Crippen LogP contribution in [0.25, 0.3) is 0 Å². The van der Waals surface area contributed by atoms with Crippen molar-refractivity contribution in [3.05, 3.63) is 0 Å². The Bertz CT molecular complexity index is 1630. The Morgan fingerprint density at radius 2 is 0.894 bits per heavy atom. The molecule has 0 aromatic heterocycles. The zero-order valence-electron chi connectivity index (χ0n) is 42.9. The molecule has 8 rings (SSSR count). The molecule has 22 atom stereocenters. The molecule has 0 aromatic rings. The lowest BCUT2D eigenvalue weighted by Crippen LogP contribution is -2.62. The number of aliphatic hydroxyl groups excluding tert-OH is 6. The van der Waals surface area contributed by atoms with Gasteiger partial charge in [-0.05, 0) is 236 Å². The molecule has 66 heavy (non-hydrogen) atoms. The molecule has 0 unspecified atom stereocenters. The van der Waals surface area contributed by atoms with Crippen molar-refractivity contribution in [2.24, 2.45) is 92.7 Å². The van der Waals surface area contributed by atoms with Gasteiger partial charge in [0.05, 0.1) is 36.6 Å². The van der Waals surface area contributed by atoms with E-state index in [0.29, 0.717) is 63.2 Å². The first-order valence-electron chi connectivity index (χ1n) is 27.3. The minimum absolute atomic E-state index is 0.0406. The Hall–Kier alpha value is -1.30. The Morgan fingerprint density at radius 1 is 0.530 bits per heavy atom. The maximum Gasteiger partial charge on any atom is 0.306 e. The number of rotatable bonds is 13. The number of fused-ring (bicyclic) bond motifs is 10. The lowest BCUT2D eigenvalue weighted by Gasteiger charge is -2.63. The van der Waals surface area contributed by atoms with Crippen molar-refractivity contribution < 1.29 is 49.7 Å². The van der Waals surface area contributed by atoms with Crippen LogP contribution in [0, 0.1) is 92.7 Å². The third-order valence-corrected chi connectivity index (χ3v) is 22.8. The number of carbonyl (C=O) groups excluding carboxylic acids is 2. The van der Waals surface area contributed by atoms with E-state index >= 15 is 0 Å². The molecule has 378 valence electrons. The number of carbonyl (C=O) groups is 2. The molecule has 0 bridgehead atoms. The van der Waals surface area contributed by atoms with Crippen LogP contribution in [0.2, 0.25) is 0 Å². The molecule has 8 aliphatic rings. The number of esters is 2. The maximum absolute atomic E-state index is 13.4. The summed E-state index contributed by atoms with van der Waals surface area (Å²) in [6, 6.07) is 0. The summed E-state index contributed by atoms with van der Waals surface area (Å²) in [6.45, 7) is 21.4. The number of ether oxygens (including phenoxy) is 2. The maximum atomic E-state index is 13.4. The van der Waals surface area contributed by atoms with Gasteiger partial charge in [-0.25, -0.2) is 0 Å². The van der Waals surface area contributed by atoms with Crippen LogP contribution >= 0.6 is 0 Å². The molecule has 0 amide bonds. The van der Waals surface area contributed by atoms with E-state index in [9.17, 15) is 40.2 Å². The highest BCUT2D eigenvalue weighted by molar-refractivity contribution is 5.70. The van der Waals surface area contributed by atoms with Gasteiger partial charge in [-0.2, -0.15) is 0 Å². The molecule has 6 N–H and O–H groups in total. The molecule has 0 aliphatic heterocycles. The second-order valence-electron chi connectivity index (χ2n) is 27.1. The lowest BCUT2D eigenvalue weighted by molar-refractivity contribution is -0.207. The normalized spacial score (nSPS) is 48.7. The highest BCUT2D eigenvalue weighted by Crippen LogP contribution is 2.70. The van der Waals surface area contributed by atoms with Crippen LogP contribution in [0.5, 0.6) is 0 Å². The van der Waals surface area contributed by atoms with Gasteiger partial charge < -0.3 is 40.1 Å². The van der Waals surface area contributed by atoms with Crippen molar-refractivity contribution in [2.45, 2.75) is 245 Å². The summed E-state index contributed by atoms with van der Waals surface area (Å²) in [5.41, 5.74) is -2.03. The van der Waals surface area contributed by atoms with Crippen LogP contribution < -0.4 is 0 Å². The zero-order valence-corrected chi connectivity index (χ0v) is 42.9. The topological polar surface area (TPSA) is 174 Å². The molecule has 8 saturated carbocycles. The summed E-state index contributed by atoms with van der Waals surface area (Å²) in [7, 11) is 0. The Morgan fingerprint density at radius 3 is 1.26 bits per heavy atom. The summed E-state index contributed by atoms with van der Waals surface area (Å²) in [5.74, 6) is 2.40. The van der Waals surface area contributed by atoms with Crippen molar-refractivity contribution in [2.75, 3.05) is 0 Å². The molecular formula is C56H94O10. The zero-order chi connectivity index (χ0) is 48.1. The Labute approximate surface area is 398 Å². The molecule has 0 spiro atoms. The molecule has 10 nitrogen and oxygen atoms in total. The van der Waals surface area contributed by atoms with Crippen LogP contribution in [-0.2, 0) is 19.1 Å². The lowest BCUT2D eigenvalue weighted by atomic mass is 9.43. The van der Waals surface area contributed by atoms with E-state index in [4.69, 9.17) is 9.47 Å². The van der Waals surface area contributed by atoms with Crippen LogP contribution in [-0.4, -0.2) is 90.4 Å². The van der Waals surface area contributed by atoms with Gasteiger partial charge in [-0.1, -0.05) is 41.5 Å². The van der Waals surface area contributed by atoms with E-state index in [-0.39, 0.29) is 105 Å². The van der Waals surface area contributed by atoms with Crippen LogP contribution in [0.15, 0.2) is 0 Å². The van der Waals surface area contributed by atoms with Crippen molar-refractivity contribution in [1.82, 2.24) is 0 Å². The average Bonchev–Trinajstić information content (AvgIpc) is 3.78. The summed E-state index contributed by atoms with van der Waals surface area (Å²) in [5, 5.41) is 68.3. The minimum atomic E-state index is -0.742. The van der Waals surface area contributed by atoms with E-state index in [1.54, 1.807) is 0 Å². The van der Waals surface area contributed by atoms with Gasteiger partial charge in [0.2, 0.25) is 0 Å². The van der Waals surface area contributed by atoms with Crippen molar-refractivity contribution in [3.63, 3.8) is 0 Å². The van der Waals surface area contributed by atoms with Gasteiger partial charge in [-0.15, -0.1) is 0 Å². The SMILES string of the molecule is C[C@H](CCC(=O)OC(C)(C)CCC(C)(C)OC(=O)CC[C@@H](C)[C@H]1CC[C@H]2[C@@H]3[C@H](O)C[C@@H]4C[C@H](O)CC[C@]4(C)[C@H]3C[C@H](O)[C@]12C)[C@H]1CC[C@H]2[C@@H]3[C@H](O)C[C@@H]4C[C@H](O)CC[C@]4(C)[C@H]3C[C@H](O)[C@]12C. The monoisotopic (exact) mass is 927 g/mol. The van der Waals surface area contributed by atoms with Gasteiger partial charge >= 0.3 is 11.9 Å². The fraction of sp³-hybridized carbons (Fsp3) is 0.964. The predicted octanol–water partition coefficient (Wildman–Crippen LogP) is 9.17. The first-order chi connectivity index (χ1) is 30.7. The van der Waals surface area contributed by atoms with Crippen LogP contribution in [0.1, 0.15) is 198 Å². The second-order valence-corrected chi connectivity index (χ2v) is 27.1. The van der Waals surface area contributed by atoms with E-state index in [1.165, 1.54) is 0 Å². The second kappa shape index (κ2) is 18.4. The van der Waals surface area contributed by atoms with Crippen LogP contribution in [0.3, 0.4) is 0 Å². The highest BCUT2D eigenvalue weighted by Gasteiger charge is 2.67. The Balaban J connectivity index is 0.784. The van der Waals surface area contributed by atoms with E-state index in [2.05, 4.69) is 41.5 Å². The van der Waals surface area contributed by atoms with Crippen molar-refractivity contribution >= 4 is 11.9 Å². The molecule has 0 saturated heterocycles. The third-order valence-electron chi connectivity index (χ3n) is 22.8. The Kier molecular flexibility index (Phi) is 14.2. The number of aliphatic hydroxyl groups is 6. The fourth-order valence-corrected chi connectivity index (χ4v) is 18.8. The van der Waals surface area contributed by atoms with Gasteiger partial charge in [0, 0.05) is 12.8 Å².